The smallest absolute Gasteiger partial charge is 0.305 e. The maximum atomic E-state index is 14.9. The third-order valence-corrected chi connectivity index (χ3v) is 5.96. The number of furan rings is 1. The molecule has 3 N–H and O–H groups in total. The number of amides is 1. The van der Waals surface area contributed by atoms with Gasteiger partial charge >= 0.3 is 5.91 Å². The molecule has 0 fully saturated rings. The number of hydrazine groups is 1. The number of nitrogens with two attached hydrogens (primary N) is 1. The Hall–Kier alpha value is -3.57. The summed E-state index contributed by atoms with van der Waals surface area (Å²) in [6.07, 6.45) is 1.89. The molecule has 1 atom stereocenters. The Morgan fingerprint density at radius 1 is 1.34 bits per heavy atom. The Balaban J connectivity index is 1.93. The number of rotatable bonds is 3. The largest absolute Gasteiger partial charge is 0.459 e. The van der Waals surface area contributed by atoms with Crippen LogP contribution in [0, 0.1) is 22.6 Å². The van der Waals surface area contributed by atoms with Crippen molar-refractivity contribution >= 4 is 23.3 Å². The molecule has 9 heteroatoms. The zero-order valence-electron chi connectivity index (χ0n) is 17.4. The average molecular weight is 455 g/mol. The van der Waals surface area contributed by atoms with Crippen molar-refractivity contribution in [2.24, 2.45) is 11.1 Å². The molecule has 32 heavy (non-hydrogen) atoms. The molecule has 164 valence electrons. The molecule has 1 aliphatic heterocycles. The first-order chi connectivity index (χ1) is 15.1. The zero-order valence-corrected chi connectivity index (χ0v) is 18.2. The molecule has 0 radical (unpaired) electrons. The van der Waals surface area contributed by atoms with Crippen LogP contribution in [-0.2, 0) is 4.79 Å². The van der Waals surface area contributed by atoms with Gasteiger partial charge in [0.25, 0.3) is 0 Å². The maximum Gasteiger partial charge on any atom is 0.305 e. The van der Waals surface area contributed by atoms with Crippen LogP contribution in [0.1, 0.15) is 48.7 Å². The molecule has 4 rings (SSSR count). The summed E-state index contributed by atoms with van der Waals surface area (Å²) in [7, 11) is 0. The highest BCUT2D eigenvalue weighted by atomic mass is 35.5. The second kappa shape index (κ2) is 7.84. The summed E-state index contributed by atoms with van der Waals surface area (Å²) in [5.74, 6) is -2.69. The predicted octanol–water partition coefficient (Wildman–Crippen LogP) is 4.15. The van der Waals surface area contributed by atoms with Crippen LogP contribution >= 0.6 is 11.6 Å². The van der Waals surface area contributed by atoms with Crippen molar-refractivity contribution in [3.8, 4) is 6.07 Å². The van der Waals surface area contributed by atoms with E-state index in [1.54, 1.807) is 6.07 Å². The van der Waals surface area contributed by atoms with Gasteiger partial charge in [0.2, 0.25) is 0 Å². The Morgan fingerprint density at radius 2 is 2.09 bits per heavy atom. The SMILES string of the molecule is CC1(C)CC(=O)C2=C(C1)N(NC(=O)c1ccco1)C(N)=C(C#N)C2c1c(F)cccc1Cl. The number of carbonyl (C=O) groups is 2. The number of allylic oxidation sites excluding steroid dienone is 3. The fourth-order valence-corrected chi connectivity index (χ4v) is 4.55. The van der Waals surface area contributed by atoms with Gasteiger partial charge in [0.15, 0.2) is 11.5 Å². The predicted molar refractivity (Wildman–Crippen MR) is 114 cm³/mol. The molecule has 0 saturated carbocycles. The van der Waals surface area contributed by atoms with Crippen molar-refractivity contribution in [1.29, 1.82) is 5.26 Å². The summed E-state index contributed by atoms with van der Waals surface area (Å²) in [5, 5.41) is 11.3. The molecule has 1 unspecified atom stereocenters. The molecule has 0 saturated heterocycles. The van der Waals surface area contributed by atoms with E-state index in [0.29, 0.717) is 12.1 Å². The van der Waals surface area contributed by atoms with Gasteiger partial charge in [-0.25, -0.2) is 9.40 Å². The van der Waals surface area contributed by atoms with Crippen LogP contribution in [0.2, 0.25) is 5.02 Å². The minimum Gasteiger partial charge on any atom is -0.459 e. The Bertz CT molecular complexity index is 1200. The zero-order chi connectivity index (χ0) is 23.2. The quantitative estimate of drug-likeness (QED) is 0.720. The highest BCUT2D eigenvalue weighted by Gasteiger charge is 2.46. The van der Waals surface area contributed by atoms with Gasteiger partial charge < -0.3 is 10.2 Å². The normalized spacial score (nSPS) is 20.2. The second-order valence-corrected chi connectivity index (χ2v) is 8.94. The third kappa shape index (κ3) is 3.55. The molecular weight excluding hydrogens is 435 g/mol. The lowest BCUT2D eigenvalue weighted by Gasteiger charge is -2.43. The molecule has 2 heterocycles. The van der Waals surface area contributed by atoms with Crippen molar-refractivity contribution in [2.45, 2.75) is 32.6 Å². The lowest BCUT2D eigenvalue weighted by Crippen LogP contribution is -2.49. The number of nitriles is 1. The minimum absolute atomic E-state index is 0.00577. The monoisotopic (exact) mass is 454 g/mol. The highest BCUT2D eigenvalue weighted by Crippen LogP contribution is 2.50. The van der Waals surface area contributed by atoms with Crippen molar-refractivity contribution in [3.05, 3.63) is 81.4 Å². The Kier molecular flexibility index (Phi) is 5.31. The van der Waals surface area contributed by atoms with E-state index in [0.717, 1.165) is 0 Å². The van der Waals surface area contributed by atoms with E-state index < -0.39 is 23.1 Å². The summed E-state index contributed by atoms with van der Waals surface area (Å²) in [6, 6.07) is 9.18. The van der Waals surface area contributed by atoms with Crippen molar-refractivity contribution in [2.75, 3.05) is 0 Å². The number of carbonyl (C=O) groups excluding carboxylic acids is 2. The fraction of sp³-hybridized carbons (Fsp3) is 0.261. The molecule has 7 nitrogen and oxygen atoms in total. The van der Waals surface area contributed by atoms with Crippen LogP contribution < -0.4 is 11.2 Å². The molecule has 2 aliphatic rings. The van der Waals surface area contributed by atoms with Crippen molar-refractivity contribution in [1.82, 2.24) is 10.4 Å². The van der Waals surface area contributed by atoms with Crippen LogP contribution in [0.15, 0.2) is 63.7 Å². The van der Waals surface area contributed by atoms with E-state index in [1.807, 2.05) is 19.9 Å². The number of halogens is 2. The third-order valence-electron chi connectivity index (χ3n) is 5.63. The number of benzene rings is 1. The van der Waals surface area contributed by atoms with Gasteiger partial charge in [0, 0.05) is 22.6 Å². The number of nitrogens with zero attached hydrogens (tertiary/aromatic N) is 2. The second-order valence-electron chi connectivity index (χ2n) is 8.53. The number of nitrogens with one attached hydrogen (secondary N) is 1. The molecular formula is C23H20ClFN4O3. The lowest BCUT2D eigenvalue weighted by molar-refractivity contribution is -0.118. The van der Waals surface area contributed by atoms with Crippen LogP contribution in [-0.4, -0.2) is 16.7 Å². The molecule has 1 aliphatic carbocycles. The Morgan fingerprint density at radius 3 is 2.72 bits per heavy atom. The summed E-state index contributed by atoms with van der Waals surface area (Å²) in [6.45, 7) is 3.82. The molecule has 1 amide bonds. The van der Waals surface area contributed by atoms with Gasteiger partial charge in [0.1, 0.15) is 11.6 Å². The fourth-order valence-electron chi connectivity index (χ4n) is 4.28. The summed E-state index contributed by atoms with van der Waals surface area (Å²) >= 11 is 6.31. The first-order valence-electron chi connectivity index (χ1n) is 9.89. The van der Waals surface area contributed by atoms with Gasteiger partial charge in [-0.15, -0.1) is 0 Å². The molecule has 2 aromatic rings. The van der Waals surface area contributed by atoms with E-state index >= 15 is 0 Å². The van der Waals surface area contributed by atoms with E-state index in [4.69, 9.17) is 21.8 Å². The number of hydrogen-bond donors (Lipinski definition) is 2. The highest BCUT2D eigenvalue weighted by molar-refractivity contribution is 6.31. The number of Topliss-reactive ketones (excluding diaryl/α,β-unsaturated/α-hetero) is 1. The number of ketones is 1. The Labute approximate surface area is 188 Å². The van der Waals surface area contributed by atoms with Crippen molar-refractivity contribution in [3.63, 3.8) is 0 Å². The topological polar surface area (TPSA) is 112 Å². The average Bonchev–Trinajstić information content (AvgIpc) is 3.24. The minimum atomic E-state index is -1.08. The summed E-state index contributed by atoms with van der Waals surface area (Å²) < 4.78 is 20.1. The van der Waals surface area contributed by atoms with Crippen LogP contribution in [0.25, 0.3) is 0 Å². The summed E-state index contributed by atoms with van der Waals surface area (Å²) in [5.41, 5.74) is 9.03. The maximum absolute atomic E-state index is 14.9. The van der Waals surface area contributed by atoms with Crippen LogP contribution in [0.5, 0.6) is 0 Å². The lowest BCUT2D eigenvalue weighted by atomic mass is 9.69. The van der Waals surface area contributed by atoms with Gasteiger partial charge in [-0.1, -0.05) is 31.5 Å². The summed E-state index contributed by atoms with van der Waals surface area (Å²) in [4.78, 5) is 26.0. The molecule has 1 aromatic heterocycles. The van der Waals surface area contributed by atoms with E-state index in [-0.39, 0.29) is 45.5 Å². The van der Waals surface area contributed by atoms with Gasteiger partial charge in [-0.2, -0.15) is 5.26 Å². The molecule has 0 bridgehead atoms. The van der Waals surface area contributed by atoms with Gasteiger partial charge in [0.05, 0.1) is 29.5 Å². The number of hydrogen-bond acceptors (Lipinski definition) is 6. The van der Waals surface area contributed by atoms with Crippen molar-refractivity contribution < 1.29 is 18.4 Å². The van der Waals surface area contributed by atoms with E-state index in [2.05, 4.69) is 5.43 Å². The van der Waals surface area contributed by atoms with E-state index in [9.17, 15) is 19.2 Å². The van der Waals surface area contributed by atoms with E-state index in [1.165, 1.54) is 35.5 Å². The van der Waals surface area contributed by atoms with Gasteiger partial charge in [-0.3, -0.25) is 15.0 Å². The van der Waals surface area contributed by atoms with Crippen LogP contribution in [0.3, 0.4) is 0 Å². The van der Waals surface area contributed by atoms with Gasteiger partial charge in [-0.05, 0) is 36.1 Å². The van der Waals surface area contributed by atoms with Crippen LogP contribution in [0.4, 0.5) is 4.39 Å². The first-order valence-corrected chi connectivity index (χ1v) is 10.3. The molecule has 0 spiro atoms. The first kappa shape index (κ1) is 21.7. The molecule has 1 aromatic carbocycles. The standard InChI is InChI=1S/C23H20ClFN4O3/c1-23(2)9-15-20(16(30)10-23)18(19-13(24)5-3-6-14(19)25)12(11-26)21(27)29(15)28-22(31)17-7-4-8-32-17/h3-8,18H,9-10,27H2,1-2H3,(H,28,31).